The number of amides is 1. The summed E-state index contributed by atoms with van der Waals surface area (Å²) in [6.07, 6.45) is 1.66. The van der Waals surface area contributed by atoms with Crippen molar-refractivity contribution in [3.8, 4) is 0 Å². The zero-order valence-corrected chi connectivity index (χ0v) is 11.3. The van der Waals surface area contributed by atoms with Gasteiger partial charge in [0.1, 0.15) is 5.82 Å². The Morgan fingerprint density at radius 2 is 2.06 bits per heavy atom. The maximum Gasteiger partial charge on any atom is 0.242 e. The Labute approximate surface area is 108 Å². The fourth-order valence-corrected chi connectivity index (χ4v) is 1.85. The summed E-state index contributed by atoms with van der Waals surface area (Å²) in [5, 5.41) is 9.24. The van der Waals surface area contributed by atoms with Crippen molar-refractivity contribution in [3.63, 3.8) is 0 Å². The van der Waals surface area contributed by atoms with Crippen LogP contribution < -0.4 is 4.90 Å². The molecule has 1 aromatic heterocycles. The topological polar surface area (TPSA) is 56.7 Å². The van der Waals surface area contributed by atoms with E-state index in [4.69, 9.17) is 0 Å². The van der Waals surface area contributed by atoms with Gasteiger partial charge in [-0.2, -0.15) is 0 Å². The van der Waals surface area contributed by atoms with Gasteiger partial charge in [0.05, 0.1) is 13.2 Å². The van der Waals surface area contributed by atoms with E-state index in [0.717, 1.165) is 5.56 Å². The Bertz CT molecular complexity index is 392. The lowest BCUT2D eigenvalue weighted by Crippen LogP contribution is -2.39. The van der Waals surface area contributed by atoms with Crippen molar-refractivity contribution in [2.45, 2.75) is 20.5 Å². The molecule has 5 nitrogen and oxygen atoms in total. The molecule has 0 bridgehead atoms. The number of carbonyl (C=O) groups is 1. The van der Waals surface area contributed by atoms with Crippen LogP contribution in [0.25, 0.3) is 0 Å². The van der Waals surface area contributed by atoms with Crippen molar-refractivity contribution < 1.29 is 9.90 Å². The number of aromatic nitrogens is 1. The first-order chi connectivity index (χ1) is 8.63. The molecule has 18 heavy (non-hydrogen) atoms. The minimum atomic E-state index is -0.0764. The van der Waals surface area contributed by atoms with E-state index in [-0.39, 0.29) is 19.1 Å². The molecule has 0 aliphatic rings. The molecular weight excluding hydrogens is 230 g/mol. The Morgan fingerprint density at radius 3 is 2.61 bits per heavy atom. The van der Waals surface area contributed by atoms with Crippen LogP contribution in [0.1, 0.15) is 19.4 Å². The van der Waals surface area contributed by atoms with Crippen molar-refractivity contribution in [2.75, 3.05) is 31.6 Å². The quantitative estimate of drug-likeness (QED) is 0.815. The van der Waals surface area contributed by atoms with Crippen molar-refractivity contribution in [3.05, 3.63) is 23.9 Å². The molecule has 0 fully saturated rings. The first kappa shape index (κ1) is 14.4. The zero-order valence-electron chi connectivity index (χ0n) is 11.3. The summed E-state index contributed by atoms with van der Waals surface area (Å²) in [4.78, 5) is 19.7. The van der Waals surface area contributed by atoms with Crippen LogP contribution in [-0.2, 0) is 11.4 Å². The highest BCUT2D eigenvalue weighted by atomic mass is 16.3. The van der Waals surface area contributed by atoms with E-state index in [9.17, 15) is 9.90 Å². The predicted molar refractivity (Wildman–Crippen MR) is 71.4 cm³/mol. The molecule has 1 rings (SSSR count). The van der Waals surface area contributed by atoms with E-state index in [0.29, 0.717) is 18.9 Å². The molecule has 0 aliphatic heterocycles. The molecule has 0 aromatic carbocycles. The van der Waals surface area contributed by atoms with Crippen LogP contribution in [0.5, 0.6) is 0 Å². The molecule has 0 radical (unpaired) electrons. The molecule has 0 atom stereocenters. The third-order valence-electron chi connectivity index (χ3n) is 2.89. The second kappa shape index (κ2) is 6.96. The largest absolute Gasteiger partial charge is 0.392 e. The van der Waals surface area contributed by atoms with E-state index in [1.165, 1.54) is 0 Å². The molecule has 100 valence electrons. The van der Waals surface area contributed by atoms with Gasteiger partial charge in [0.15, 0.2) is 0 Å². The average molecular weight is 251 g/mol. The number of aliphatic hydroxyl groups excluding tert-OH is 1. The molecule has 0 saturated heterocycles. The number of hydrogen-bond acceptors (Lipinski definition) is 4. The molecule has 5 heteroatoms. The Hall–Kier alpha value is -1.62. The summed E-state index contributed by atoms with van der Waals surface area (Å²) < 4.78 is 0. The van der Waals surface area contributed by atoms with Crippen LogP contribution in [0.15, 0.2) is 18.3 Å². The summed E-state index contributed by atoms with van der Waals surface area (Å²) in [6.45, 7) is 5.53. The van der Waals surface area contributed by atoms with Crippen molar-refractivity contribution in [1.29, 1.82) is 0 Å². The Kier molecular flexibility index (Phi) is 5.58. The molecular formula is C13H21N3O2. The van der Waals surface area contributed by atoms with Gasteiger partial charge < -0.3 is 14.9 Å². The van der Waals surface area contributed by atoms with Crippen molar-refractivity contribution in [2.24, 2.45) is 0 Å². The first-order valence-electron chi connectivity index (χ1n) is 6.17. The molecule has 0 unspecified atom stereocenters. The maximum atomic E-state index is 12.0. The highest BCUT2D eigenvalue weighted by Crippen LogP contribution is 2.15. The maximum absolute atomic E-state index is 12.0. The lowest BCUT2D eigenvalue weighted by Gasteiger charge is -2.24. The van der Waals surface area contributed by atoms with Crippen LogP contribution in [0.2, 0.25) is 0 Å². The second-order valence-corrected chi connectivity index (χ2v) is 4.07. The molecule has 1 amide bonds. The van der Waals surface area contributed by atoms with Gasteiger partial charge in [0.2, 0.25) is 5.91 Å². The number of pyridine rings is 1. The van der Waals surface area contributed by atoms with Crippen LogP contribution in [-0.4, -0.2) is 47.6 Å². The Balaban J connectivity index is 2.76. The van der Waals surface area contributed by atoms with Crippen LogP contribution >= 0.6 is 0 Å². The minimum Gasteiger partial charge on any atom is -0.392 e. The number of nitrogens with zero attached hydrogens (tertiary/aromatic N) is 3. The highest BCUT2D eigenvalue weighted by molar-refractivity contribution is 5.81. The number of anilines is 1. The number of carbonyl (C=O) groups excluding carboxylic acids is 1. The smallest absolute Gasteiger partial charge is 0.242 e. The van der Waals surface area contributed by atoms with Crippen LogP contribution in [0.3, 0.4) is 0 Å². The molecule has 1 heterocycles. The number of aliphatic hydroxyl groups is 1. The van der Waals surface area contributed by atoms with Crippen LogP contribution in [0, 0.1) is 0 Å². The van der Waals surface area contributed by atoms with Gasteiger partial charge in [0, 0.05) is 31.9 Å². The van der Waals surface area contributed by atoms with E-state index in [1.807, 2.05) is 20.9 Å². The van der Waals surface area contributed by atoms with E-state index < -0.39 is 0 Å². The van der Waals surface area contributed by atoms with Gasteiger partial charge in [-0.1, -0.05) is 6.07 Å². The monoisotopic (exact) mass is 251 g/mol. The Morgan fingerprint density at radius 1 is 1.39 bits per heavy atom. The van der Waals surface area contributed by atoms with Gasteiger partial charge in [-0.15, -0.1) is 0 Å². The van der Waals surface area contributed by atoms with Gasteiger partial charge >= 0.3 is 0 Å². The second-order valence-electron chi connectivity index (χ2n) is 4.07. The standard InChI is InChI=1S/C13H21N3O2/c1-4-16(5-2)12(18)9-15(3)13-11(10-17)7-6-8-14-13/h6-8,17H,4-5,9-10H2,1-3H3. The average Bonchev–Trinajstić information content (AvgIpc) is 2.40. The summed E-state index contributed by atoms with van der Waals surface area (Å²) in [5.74, 6) is 0.720. The van der Waals surface area contributed by atoms with Gasteiger partial charge in [-0.3, -0.25) is 4.79 Å². The summed E-state index contributed by atoms with van der Waals surface area (Å²) in [6, 6.07) is 3.58. The molecule has 0 spiro atoms. The fourth-order valence-electron chi connectivity index (χ4n) is 1.85. The number of hydrogen-bond donors (Lipinski definition) is 1. The van der Waals surface area contributed by atoms with Gasteiger partial charge in [-0.25, -0.2) is 4.98 Å². The van der Waals surface area contributed by atoms with Gasteiger partial charge in [-0.05, 0) is 19.9 Å². The van der Waals surface area contributed by atoms with Crippen molar-refractivity contribution >= 4 is 11.7 Å². The lowest BCUT2D eigenvalue weighted by atomic mass is 10.2. The van der Waals surface area contributed by atoms with E-state index in [2.05, 4.69) is 4.98 Å². The summed E-state index contributed by atoms with van der Waals surface area (Å²) in [7, 11) is 1.81. The zero-order chi connectivity index (χ0) is 13.5. The van der Waals surface area contributed by atoms with Gasteiger partial charge in [0.25, 0.3) is 0 Å². The van der Waals surface area contributed by atoms with Crippen LogP contribution in [0.4, 0.5) is 5.82 Å². The SMILES string of the molecule is CCN(CC)C(=O)CN(C)c1ncccc1CO. The predicted octanol–water partition coefficient (Wildman–Crippen LogP) is 0.878. The van der Waals surface area contributed by atoms with E-state index >= 15 is 0 Å². The highest BCUT2D eigenvalue weighted by Gasteiger charge is 2.15. The molecule has 1 N–H and O–H groups in total. The number of rotatable bonds is 6. The molecule has 0 saturated carbocycles. The molecule has 0 aliphatic carbocycles. The number of likely N-dealkylation sites (N-methyl/N-ethyl adjacent to an activating group) is 2. The van der Waals surface area contributed by atoms with E-state index in [1.54, 1.807) is 28.1 Å². The lowest BCUT2D eigenvalue weighted by molar-refractivity contribution is -0.129. The van der Waals surface area contributed by atoms with Crippen molar-refractivity contribution in [1.82, 2.24) is 9.88 Å². The summed E-state index contributed by atoms with van der Waals surface area (Å²) in [5.41, 5.74) is 0.729. The summed E-state index contributed by atoms with van der Waals surface area (Å²) >= 11 is 0. The third kappa shape index (κ3) is 3.43. The first-order valence-corrected chi connectivity index (χ1v) is 6.17. The normalized spacial score (nSPS) is 10.2. The third-order valence-corrected chi connectivity index (χ3v) is 2.89. The molecule has 1 aromatic rings. The fraction of sp³-hybridized carbons (Fsp3) is 0.538. The minimum absolute atomic E-state index is 0.0667.